The Kier molecular flexibility index (Phi) is 4.86. The van der Waals surface area contributed by atoms with E-state index in [1.807, 2.05) is 24.3 Å². The van der Waals surface area contributed by atoms with E-state index in [9.17, 15) is 18.0 Å². The first-order chi connectivity index (χ1) is 11.7. The highest BCUT2D eigenvalue weighted by Gasteiger charge is 2.37. The number of carbonyl (C=O) groups is 2. The molecule has 2 atom stereocenters. The first kappa shape index (κ1) is 17.9. The van der Waals surface area contributed by atoms with E-state index in [0.29, 0.717) is 18.9 Å². The van der Waals surface area contributed by atoms with E-state index in [-0.39, 0.29) is 35.8 Å². The first-order valence-electron chi connectivity index (χ1n) is 8.66. The molecule has 25 heavy (non-hydrogen) atoms. The lowest BCUT2D eigenvalue weighted by atomic mass is 10.0. The predicted molar refractivity (Wildman–Crippen MR) is 96.2 cm³/mol. The molecule has 136 valence electrons. The molecule has 2 amide bonds. The average molecular weight is 364 g/mol. The minimum absolute atomic E-state index is 0.000442. The van der Waals surface area contributed by atoms with Crippen molar-refractivity contribution in [3.8, 4) is 0 Å². The molecule has 2 saturated heterocycles. The maximum Gasteiger partial charge on any atom is 0.227 e. The predicted octanol–water partition coefficient (Wildman–Crippen LogP) is 1.47. The summed E-state index contributed by atoms with van der Waals surface area (Å²) in [6.45, 7) is 4.53. The number of amides is 2. The van der Waals surface area contributed by atoms with Gasteiger partial charge in [-0.1, -0.05) is 26.0 Å². The second-order valence-electron chi connectivity index (χ2n) is 7.26. The number of anilines is 1. The van der Waals surface area contributed by atoms with E-state index in [1.54, 1.807) is 4.90 Å². The molecule has 2 aliphatic rings. The summed E-state index contributed by atoms with van der Waals surface area (Å²) in [5.41, 5.74) is 1.96. The van der Waals surface area contributed by atoms with Crippen molar-refractivity contribution >= 4 is 27.3 Å². The standard InChI is InChI=1S/C18H24N2O4S/c1-12(2)13-4-3-5-16(8-13)20-10-14(9-17(20)21)18(22)19-15-6-7-25(23,24)11-15/h3-5,8,12,14-15H,6-7,9-11H2,1-2H3,(H,19,22). The van der Waals surface area contributed by atoms with Crippen molar-refractivity contribution in [1.82, 2.24) is 5.32 Å². The summed E-state index contributed by atoms with van der Waals surface area (Å²) < 4.78 is 23.0. The largest absolute Gasteiger partial charge is 0.352 e. The van der Waals surface area contributed by atoms with Crippen LogP contribution in [0.15, 0.2) is 24.3 Å². The van der Waals surface area contributed by atoms with Crippen LogP contribution < -0.4 is 10.2 Å². The third kappa shape index (κ3) is 4.03. The number of benzene rings is 1. The monoisotopic (exact) mass is 364 g/mol. The van der Waals surface area contributed by atoms with Crippen LogP contribution in [0.5, 0.6) is 0 Å². The Hall–Kier alpha value is -1.89. The van der Waals surface area contributed by atoms with Crippen molar-refractivity contribution in [3.63, 3.8) is 0 Å². The van der Waals surface area contributed by atoms with Crippen LogP contribution in [0.1, 0.15) is 38.2 Å². The molecular formula is C18H24N2O4S. The van der Waals surface area contributed by atoms with Crippen molar-refractivity contribution in [2.45, 2.75) is 38.6 Å². The van der Waals surface area contributed by atoms with Crippen molar-refractivity contribution in [3.05, 3.63) is 29.8 Å². The zero-order chi connectivity index (χ0) is 18.2. The highest BCUT2D eigenvalue weighted by molar-refractivity contribution is 7.91. The SMILES string of the molecule is CC(C)c1cccc(N2CC(C(=O)NC3CCS(=O)(=O)C3)CC2=O)c1. The van der Waals surface area contributed by atoms with E-state index >= 15 is 0 Å². The van der Waals surface area contributed by atoms with Crippen LogP contribution in [0.4, 0.5) is 5.69 Å². The molecule has 0 radical (unpaired) electrons. The van der Waals surface area contributed by atoms with Gasteiger partial charge in [-0.15, -0.1) is 0 Å². The first-order valence-corrected chi connectivity index (χ1v) is 10.5. The molecule has 3 rings (SSSR count). The summed E-state index contributed by atoms with van der Waals surface area (Å²) >= 11 is 0. The number of hydrogen-bond acceptors (Lipinski definition) is 4. The molecule has 0 spiro atoms. The Bertz CT molecular complexity index is 788. The smallest absolute Gasteiger partial charge is 0.227 e. The zero-order valence-corrected chi connectivity index (χ0v) is 15.4. The topological polar surface area (TPSA) is 83.6 Å². The molecule has 1 aromatic carbocycles. The van der Waals surface area contributed by atoms with Gasteiger partial charge in [-0.05, 0) is 30.0 Å². The summed E-state index contributed by atoms with van der Waals surface area (Å²) in [5.74, 6) is -0.243. The van der Waals surface area contributed by atoms with E-state index in [0.717, 1.165) is 11.3 Å². The molecule has 2 unspecified atom stereocenters. The quantitative estimate of drug-likeness (QED) is 0.877. The van der Waals surface area contributed by atoms with E-state index in [1.165, 1.54) is 0 Å². The van der Waals surface area contributed by atoms with Gasteiger partial charge in [0.2, 0.25) is 11.8 Å². The van der Waals surface area contributed by atoms with Gasteiger partial charge in [0, 0.05) is 24.7 Å². The molecule has 0 saturated carbocycles. The van der Waals surface area contributed by atoms with Gasteiger partial charge in [0.1, 0.15) is 0 Å². The third-order valence-electron chi connectivity index (χ3n) is 4.92. The van der Waals surface area contributed by atoms with Crippen LogP contribution in [0.3, 0.4) is 0 Å². The number of nitrogens with one attached hydrogen (secondary N) is 1. The maximum atomic E-state index is 12.4. The van der Waals surface area contributed by atoms with Gasteiger partial charge in [0.05, 0.1) is 17.4 Å². The molecular weight excluding hydrogens is 340 g/mol. The molecule has 2 fully saturated rings. The number of nitrogens with zero attached hydrogens (tertiary/aromatic N) is 1. The third-order valence-corrected chi connectivity index (χ3v) is 6.69. The Balaban J connectivity index is 1.66. The Morgan fingerprint density at radius 1 is 1.32 bits per heavy atom. The second kappa shape index (κ2) is 6.78. The van der Waals surface area contributed by atoms with Crippen LogP contribution in [-0.4, -0.2) is 44.3 Å². The summed E-state index contributed by atoms with van der Waals surface area (Å²) in [6, 6.07) is 7.50. The van der Waals surface area contributed by atoms with Gasteiger partial charge < -0.3 is 10.2 Å². The maximum absolute atomic E-state index is 12.4. The van der Waals surface area contributed by atoms with Gasteiger partial charge >= 0.3 is 0 Å². The second-order valence-corrected chi connectivity index (χ2v) is 9.49. The van der Waals surface area contributed by atoms with E-state index in [2.05, 4.69) is 19.2 Å². The van der Waals surface area contributed by atoms with Crippen LogP contribution >= 0.6 is 0 Å². The summed E-state index contributed by atoms with van der Waals surface area (Å²) in [5, 5.41) is 2.80. The summed E-state index contributed by atoms with van der Waals surface area (Å²) in [4.78, 5) is 26.4. The highest BCUT2D eigenvalue weighted by atomic mass is 32.2. The lowest BCUT2D eigenvalue weighted by Gasteiger charge is -2.19. The summed E-state index contributed by atoms with van der Waals surface area (Å²) in [6.07, 6.45) is 0.617. The number of carbonyl (C=O) groups excluding carboxylic acids is 2. The van der Waals surface area contributed by atoms with E-state index in [4.69, 9.17) is 0 Å². The van der Waals surface area contributed by atoms with Gasteiger partial charge in [-0.2, -0.15) is 0 Å². The Labute approximate surface area is 148 Å². The summed E-state index contributed by atoms with van der Waals surface area (Å²) in [7, 11) is -3.03. The highest BCUT2D eigenvalue weighted by Crippen LogP contribution is 2.28. The van der Waals surface area contributed by atoms with Crippen molar-refractivity contribution in [2.75, 3.05) is 23.0 Å². The number of rotatable bonds is 4. The van der Waals surface area contributed by atoms with E-state index < -0.39 is 15.8 Å². The molecule has 0 bridgehead atoms. The van der Waals surface area contributed by atoms with Crippen LogP contribution in [0.2, 0.25) is 0 Å². The molecule has 6 nitrogen and oxygen atoms in total. The minimum atomic E-state index is -3.03. The lowest BCUT2D eigenvalue weighted by molar-refractivity contribution is -0.126. The molecule has 0 aromatic heterocycles. The number of sulfone groups is 1. The Morgan fingerprint density at radius 2 is 2.08 bits per heavy atom. The van der Waals surface area contributed by atoms with Crippen LogP contribution in [0, 0.1) is 5.92 Å². The molecule has 0 aliphatic carbocycles. The molecule has 2 aliphatic heterocycles. The molecule has 2 heterocycles. The van der Waals surface area contributed by atoms with Gasteiger partial charge in [0.15, 0.2) is 9.84 Å². The van der Waals surface area contributed by atoms with Crippen molar-refractivity contribution in [2.24, 2.45) is 5.92 Å². The van der Waals surface area contributed by atoms with Gasteiger partial charge in [-0.25, -0.2) is 8.42 Å². The van der Waals surface area contributed by atoms with Crippen LogP contribution in [0.25, 0.3) is 0 Å². The number of hydrogen-bond donors (Lipinski definition) is 1. The average Bonchev–Trinajstić information content (AvgIpc) is 3.10. The van der Waals surface area contributed by atoms with Gasteiger partial charge in [0.25, 0.3) is 0 Å². The zero-order valence-electron chi connectivity index (χ0n) is 14.6. The fourth-order valence-corrected chi connectivity index (χ4v) is 5.09. The fourth-order valence-electron chi connectivity index (χ4n) is 3.41. The molecule has 7 heteroatoms. The van der Waals surface area contributed by atoms with Gasteiger partial charge in [-0.3, -0.25) is 9.59 Å². The lowest BCUT2D eigenvalue weighted by Crippen LogP contribution is -2.40. The molecule has 1 N–H and O–H groups in total. The van der Waals surface area contributed by atoms with Crippen LogP contribution in [-0.2, 0) is 19.4 Å². The molecule has 1 aromatic rings. The van der Waals surface area contributed by atoms with Crippen molar-refractivity contribution in [1.29, 1.82) is 0 Å². The fraction of sp³-hybridized carbons (Fsp3) is 0.556. The Morgan fingerprint density at radius 3 is 2.72 bits per heavy atom. The minimum Gasteiger partial charge on any atom is -0.352 e. The normalized spacial score (nSPS) is 25.6. The van der Waals surface area contributed by atoms with Crippen molar-refractivity contribution < 1.29 is 18.0 Å².